The van der Waals surface area contributed by atoms with Gasteiger partial charge in [-0.3, -0.25) is 0 Å². The van der Waals surface area contributed by atoms with E-state index in [1.807, 2.05) is 36.4 Å². The number of aromatic nitrogens is 3. The Morgan fingerprint density at radius 3 is 1.30 bits per heavy atom. The van der Waals surface area contributed by atoms with Crippen LogP contribution in [0.25, 0.3) is 112 Å². The van der Waals surface area contributed by atoms with Crippen molar-refractivity contribution in [3.63, 3.8) is 0 Å². The molecule has 0 spiro atoms. The van der Waals surface area contributed by atoms with Crippen LogP contribution in [0.15, 0.2) is 229 Å². The van der Waals surface area contributed by atoms with E-state index < -0.39 is 0 Å². The number of nitrogens with zero attached hydrogens (tertiary/aromatic N) is 3. The van der Waals surface area contributed by atoms with Crippen molar-refractivity contribution in [2.24, 2.45) is 0 Å². The fourth-order valence-electron chi connectivity index (χ4n) is 8.31. The predicted molar refractivity (Wildman–Crippen MR) is 251 cm³/mol. The van der Waals surface area contributed by atoms with Crippen LogP contribution >= 0.6 is 0 Å². The van der Waals surface area contributed by atoms with Gasteiger partial charge in [0.1, 0.15) is 11.2 Å². The molecule has 0 aliphatic carbocycles. The molecule has 0 unspecified atom stereocenters. The van der Waals surface area contributed by atoms with Gasteiger partial charge in [0, 0.05) is 33.0 Å². The van der Waals surface area contributed by atoms with Crippen LogP contribution in [-0.4, -0.2) is 15.0 Å². The van der Waals surface area contributed by atoms with E-state index in [1.165, 1.54) is 5.56 Å². The van der Waals surface area contributed by atoms with E-state index in [0.717, 1.165) is 88.7 Å². The maximum absolute atomic E-state index is 6.79. The van der Waals surface area contributed by atoms with E-state index in [2.05, 4.69) is 188 Å². The van der Waals surface area contributed by atoms with Crippen LogP contribution in [-0.2, 0) is 0 Å². The first-order valence-electron chi connectivity index (χ1n) is 20.5. The molecule has 0 saturated heterocycles. The van der Waals surface area contributed by atoms with Crippen LogP contribution in [0, 0.1) is 0 Å². The van der Waals surface area contributed by atoms with Crippen molar-refractivity contribution >= 4 is 21.9 Å². The quantitative estimate of drug-likeness (QED) is 0.154. The minimum atomic E-state index is 0.572. The maximum atomic E-state index is 6.79. The minimum absolute atomic E-state index is 0.572. The van der Waals surface area contributed by atoms with Crippen LogP contribution in [0.1, 0.15) is 0 Å². The first-order valence-corrected chi connectivity index (χ1v) is 20.5. The fraction of sp³-hybridized carbons (Fsp3) is 0. The fourth-order valence-corrected chi connectivity index (χ4v) is 8.31. The summed E-state index contributed by atoms with van der Waals surface area (Å²) in [6, 6.07) is 78.1. The molecule has 9 aromatic carbocycles. The molecular formula is C57H37N3O. The lowest BCUT2D eigenvalue weighted by Gasteiger charge is -2.13. The summed E-state index contributed by atoms with van der Waals surface area (Å²) in [4.78, 5) is 15.8. The topological polar surface area (TPSA) is 51.8 Å². The monoisotopic (exact) mass is 779 g/mol. The third kappa shape index (κ3) is 6.96. The number of fused-ring (bicyclic) bond motifs is 3. The third-order valence-corrected chi connectivity index (χ3v) is 11.3. The molecule has 0 bridgehead atoms. The number of para-hydroxylation sites is 1. The minimum Gasteiger partial charge on any atom is -0.455 e. The van der Waals surface area contributed by atoms with Crippen molar-refractivity contribution in [1.29, 1.82) is 0 Å². The van der Waals surface area contributed by atoms with Crippen molar-refractivity contribution in [3.05, 3.63) is 224 Å². The number of hydrogen-bond donors (Lipinski definition) is 0. The Kier molecular flexibility index (Phi) is 9.14. The molecule has 4 nitrogen and oxygen atoms in total. The molecule has 0 radical (unpaired) electrons. The van der Waals surface area contributed by atoms with Gasteiger partial charge in [0.25, 0.3) is 0 Å². The number of rotatable bonds is 8. The second-order valence-electron chi connectivity index (χ2n) is 15.2. The number of benzene rings is 9. The molecule has 2 heterocycles. The molecule has 0 atom stereocenters. The Morgan fingerprint density at radius 1 is 0.262 bits per heavy atom. The van der Waals surface area contributed by atoms with Crippen LogP contribution < -0.4 is 0 Å². The molecule has 11 aromatic rings. The van der Waals surface area contributed by atoms with Gasteiger partial charge in [0.15, 0.2) is 17.5 Å². The van der Waals surface area contributed by atoms with E-state index in [1.54, 1.807) is 0 Å². The van der Waals surface area contributed by atoms with Gasteiger partial charge in [-0.2, -0.15) is 0 Å². The van der Waals surface area contributed by atoms with Gasteiger partial charge >= 0.3 is 0 Å². The lowest BCUT2D eigenvalue weighted by Crippen LogP contribution is -2.01. The molecule has 0 aliphatic rings. The molecule has 0 amide bonds. The average Bonchev–Trinajstić information content (AvgIpc) is 3.74. The van der Waals surface area contributed by atoms with Gasteiger partial charge in [0.2, 0.25) is 0 Å². The SMILES string of the molecule is c1ccc(-c2ccc(-c3nc(-c4cc(-c5ccccc5)cc(-c5ccccc5)c4)nc(-c4cccc5oc6c(-c7cccc(-c8ccccc8)c7)cccc6c45)n3)cc2)cc1. The molecule has 61 heavy (non-hydrogen) atoms. The maximum Gasteiger partial charge on any atom is 0.164 e. The van der Waals surface area contributed by atoms with Gasteiger partial charge < -0.3 is 4.42 Å². The number of furan rings is 1. The highest BCUT2D eigenvalue weighted by Gasteiger charge is 2.20. The Balaban J connectivity index is 1.11. The molecule has 0 aliphatic heterocycles. The smallest absolute Gasteiger partial charge is 0.164 e. The summed E-state index contributed by atoms with van der Waals surface area (Å²) in [6.07, 6.45) is 0. The highest BCUT2D eigenvalue weighted by atomic mass is 16.3. The van der Waals surface area contributed by atoms with E-state index >= 15 is 0 Å². The third-order valence-electron chi connectivity index (χ3n) is 11.3. The summed E-state index contributed by atoms with van der Waals surface area (Å²) < 4.78 is 6.79. The molecule has 0 saturated carbocycles. The largest absolute Gasteiger partial charge is 0.455 e. The highest BCUT2D eigenvalue weighted by Crippen LogP contribution is 2.41. The van der Waals surface area contributed by atoms with Gasteiger partial charge in [-0.25, -0.2) is 15.0 Å². The molecule has 11 rings (SSSR count). The zero-order chi connectivity index (χ0) is 40.5. The normalized spacial score (nSPS) is 11.3. The Labute approximate surface area is 354 Å². The van der Waals surface area contributed by atoms with E-state index in [4.69, 9.17) is 19.4 Å². The Hall–Kier alpha value is -8.21. The second kappa shape index (κ2) is 15.5. The van der Waals surface area contributed by atoms with E-state index in [-0.39, 0.29) is 0 Å². The molecular weight excluding hydrogens is 743 g/mol. The van der Waals surface area contributed by atoms with E-state index in [0.29, 0.717) is 17.5 Å². The van der Waals surface area contributed by atoms with Gasteiger partial charge in [0.05, 0.1) is 0 Å². The van der Waals surface area contributed by atoms with Crippen molar-refractivity contribution in [3.8, 4) is 89.8 Å². The van der Waals surface area contributed by atoms with Crippen LogP contribution in [0.5, 0.6) is 0 Å². The van der Waals surface area contributed by atoms with Crippen LogP contribution in [0.2, 0.25) is 0 Å². The van der Waals surface area contributed by atoms with Gasteiger partial charge in [-0.1, -0.05) is 194 Å². The van der Waals surface area contributed by atoms with Crippen molar-refractivity contribution in [2.75, 3.05) is 0 Å². The van der Waals surface area contributed by atoms with Gasteiger partial charge in [-0.05, 0) is 80.4 Å². The molecule has 2 aromatic heterocycles. The molecule has 4 heteroatoms. The van der Waals surface area contributed by atoms with Crippen molar-refractivity contribution < 1.29 is 4.42 Å². The standard InChI is InChI=1S/C57H37N3O/c1-5-16-38(17-6-1)42-30-32-43(33-31-42)55-58-56(48-36-46(40-20-9-3-10-21-40)35-47(37-48)41-22-11-4-12-23-41)60-57(59-55)51-28-15-29-52-53(51)50-27-14-26-49(54(50)61-52)45-25-13-24-44(34-45)39-18-7-2-8-19-39/h1-37H. The zero-order valence-corrected chi connectivity index (χ0v) is 33.1. The zero-order valence-electron chi connectivity index (χ0n) is 33.1. The lowest BCUT2D eigenvalue weighted by molar-refractivity contribution is 0.670. The van der Waals surface area contributed by atoms with E-state index in [9.17, 15) is 0 Å². The summed E-state index contributed by atoms with van der Waals surface area (Å²) in [5.41, 5.74) is 15.4. The van der Waals surface area contributed by atoms with Crippen LogP contribution in [0.3, 0.4) is 0 Å². The summed E-state index contributed by atoms with van der Waals surface area (Å²) in [5.74, 6) is 1.75. The van der Waals surface area contributed by atoms with Crippen molar-refractivity contribution in [1.82, 2.24) is 15.0 Å². The summed E-state index contributed by atoms with van der Waals surface area (Å²) in [6.45, 7) is 0. The summed E-state index contributed by atoms with van der Waals surface area (Å²) in [5, 5.41) is 1.96. The first-order chi connectivity index (χ1) is 30.2. The second-order valence-corrected chi connectivity index (χ2v) is 15.2. The van der Waals surface area contributed by atoms with Gasteiger partial charge in [-0.15, -0.1) is 0 Å². The first kappa shape index (κ1) is 35.9. The Bertz CT molecular complexity index is 3270. The average molecular weight is 780 g/mol. The Morgan fingerprint density at radius 2 is 0.672 bits per heavy atom. The summed E-state index contributed by atoms with van der Waals surface area (Å²) >= 11 is 0. The van der Waals surface area contributed by atoms with Crippen LogP contribution in [0.4, 0.5) is 0 Å². The lowest BCUT2D eigenvalue weighted by atomic mass is 9.95. The highest BCUT2D eigenvalue weighted by molar-refractivity contribution is 6.15. The van der Waals surface area contributed by atoms with Crippen molar-refractivity contribution in [2.45, 2.75) is 0 Å². The summed E-state index contributed by atoms with van der Waals surface area (Å²) in [7, 11) is 0. The molecule has 0 fully saturated rings. The molecule has 0 N–H and O–H groups in total. The molecule has 286 valence electrons. The number of hydrogen-bond acceptors (Lipinski definition) is 4. The predicted octanol–water partition coefficient (Wildman–Crippen LogP) is 15.1.